The van der Waals surface area contributed by atoms with Crippen molar-refractivity contribution in [1.29, 1.82) is 0 Å². The highest BCUT2D eigenvalue weighted by Gasteiger charge is 2.13. The summed E-state index contributed by atoms with van der Waals surface area (Å²) in [4.78, 5) is 11.6. The van der Waals surface area contributed by atoms with Gasteiger partial charge in [-0.1, -0.05) is 12.1 Å². The molecule has 0 aliphatic rings. The van der Waals surface area contributed by atoms with Gasteiger partial charge in [0.15, 0.2) is 0 Å². The average molecular weight is 204 g/mol. The SMILES string of the molecule is CCOC(=O)c1cccc2cnn(C)c12. The Morgan fingerprint density at radius 3 is 3.07 bits per heavy atom. The van der Waals surface area contributed by atoms with E-state index in [-0.39, 0.29) is 5.97 Å². The van der Waals surface area contributed by atoms with Gasteiger partial charge in [-0.3, -0.25) is 4.68 Å². The van der Waals surface area contributed by atoms with Gasteiger partial charge in [-0.2, -0.15) is 5.10 Å². The zero-order valence-corrected chi connectivity index (χ0v) is 8.73. The molecule has 0 bridgehead atoms. The number of ether oxygens (including phenoxy) is 1. The van der Waals surface area contributed by atoms with E-state index in [1.54, 1.807) is 23.9 Å². The highest BCUT2D eigenvalue weighted by molar-refractivity contribution is 6.02. The monoisotopic (exact) mass is 204 g/mol. The van der Waals surface area contributed by atoms with Crippen molar-refractivity contribution in [2.45, 2.75) is 6.92 Å². The molecule has 1 aromatic heterocycles. The normalized spacial score (nSPS) is 10.5. The number of benzene rings is 1. The van der Waals surface area contributed by atoms with Gasteiger partial charge in [-0.25, -0.2) is 4.79 Å². The molecule has 2 aromatic rings. The van der Waals surface area contributed by atoms with E-state index >= 15 is 0 Å². The first-order valence-corrected chi connectivity index (χ1v) is 4.82. The Morgan fingerprint density at radius 1 is 1.53 bits per heavy atom. The molecule has 1 heterocycles. The van der Waals surface area contributed by atoms with E-state index in [1.807, 2.05) is 19.2 Å². The number of nitrogens with zero attached hydrogens (tertiary/aromatic N) is 2. The Labute approximate surface area is 87.5 Å². The Balaban J connectivity index is 2.59. The first-order valence-electron chi connectivity index (χ1n) is 4.82. The molecule has 15 heavy (non-hydrogen) atoms. The first-order chi connectivity index (χ1) is 7.24. The summed E-state index contributed by atoms with van der Waals surface area (Å²) in [7, 11) is 1.81. The minimum Gasteiger partial charge on any atom is -0.462 e. The van der Waals surface area contributed by atoms with Crippen molar-refractivity contribution in [3.63, 3.8) is 0 Å². The molecule has 0 atom stereocenters. The molecule has 0 saturated heterocycles. The predicted molar refractivity (Wildman–Crippen MR) is 56.7 cm³/mol. The van der Waals surface area contributed by atoms with Crippen LogP contribution >= 0.6 is 0 Å². The molecule has 0 unspecified atom stereocenters. The highest BCUT2D eigenvalue weighted by atomic mass is 16.5. The van der Waals surface area contributed by atoms with Crippen molar-refractivity contribution in [2.75, 3.05) is 6.61 Å². The van der Waals surface area contributed by atoms with E-state index in [0.29, 0.717) is 12.2 Å². The second-order valence-electron chi connectivity index (χ2n) is 3.23. The van der Waals surface area contributed by atoms with Crippen molar-refractivity contribution in [1.82, 2.24) is 9.78 Å². The third kappa shape index (κ3) is 1.58. The number of rotatable bonds is 2. The molecule has 2 rings (SSSR count). The van der Waals surface area contributed by atoms with Crippen molar-refractivity contribution in [2.24, 2.45) is 7.05 Å². The van der Waals surface area contributed by atoms with Crippen LogP contribution in [0.25, 0.3) is 10.9 Å². The molecule has 4 heteroatoms. The lowest BCUT2D eigenvalue weighted by atomic mass is 10.1. The van der Waals surface area contributed by atoms with Gasteiger partial charge in [0.1, 0.15) is 0 Å². The summed E-state index contributed by atoms with van der Waals surface area (Å²) in [5.74, 6) is -0.299. The van der Waals surface area contributed by atoms with E-state index < -0.39 is 0 Å². The number of hydrogen-bond donors (Lipinski definition) is 0. The summed E-state index contributed by atoms with van der Waals surface area (Å²) in [6, 6.07) is 5.50. The second kappa shape index (κ2) is 3.73. The lowest BCUT2D eigenvalue weighted by molar-refractivity contribution is 0.0528. The molecule has 0 N–H and O–H groups in total. The molecular weight excluding hydrogens is 192 g/mol. The molecule has 0 amide bonds. The van der Waals surface area contributed by atoms with Crippen LogP contribution in [-0.2, 0) is 11.8 Å². The number of hydrogen-bond acceptors (Lipinski definition) is 3. The van der Waals surface area contributed by atoms with Crippen LogP contribution in [0.5, 0.6) is 0 Å². The van der Waals surface area contributed by atoms with Crippen molar-refractivity contribution < 1.29 is 9.53 Å². The van der Waals surface area contributed by atoms with Gasteiger partial charge in [0.2, 0.25) is 0 Å². The predicted octanol–water partition coefficient (Wildman–Crippen LogP) is 1.75. The van der Waals surface area contributed by atoms with Gasteiger partial charge >= 0.3 is 5.97 Å². The van der Waals surface area contributed by atoms with Crippen LogP contribution in [-0.4, -0.2) is 22.4 Å². The molecule has 0 fully saturated rings. The van der Waals surface area contributed by atoms with Gasteiger partial charge in [0.25, 0.3) is 0 Å². The number of esters is 1. The maximum Gasteiger partial charge on any atom is 0.340 e. The molecule has 78 valence electrons. The number of aromatic nitrogens is 2. The minimum atomic E-state index is -0.299. The molecule has 0 saturated carbocycles. The molecule has 0 spiro atoms. The van der Waals surface area contributed by atoms with Crippen LogP contribution in [0.4, 0.5) is 0 Å². The van der Waals surface area contributed by atoms with Crippen LogP contribution in [0, 0.1) is 0 Å². The van der Waals surface area contributed by atoms with Gasteiger partial charge in [0, 0.05) is 12.4 Å². The number of carbonyl (C=O) groups excluding carboxylic acids is 1. The number of aryl methyl sites for hydroxylation is 1. The second-order valence-corrected chi connectivity index (χ2v) is 3.23. The fraction of sp³-hybridized carbons (Fsp3) is 0.273. The summed E-state index contributed by atoms with van der Waals surface area (Å²) in [5, 5.41) is 5.06. The van der Waals surface area contributed by atoms with Crippen LogP contribution in [0.1, 0.15) is 17.3 Å². The summed E-state index contributed by atoms with van der Waals surface area (Å²) in [5.41, 5.74) is 1.38. The summed E-state index contributed by atoms with van der Waals surface area (Å²) in [6.45, 7) is 2.17. The molecule has 1 aromatic carbocycles. The fourth-order valence-electron chi connectivity index (χ4n) is 1.61. The Morgan fingerprint density at radius 2 is 2.33 bits per heavy atom. The van der Waals surface area contributed by atoms with E-state index in [2.05, 4.69) is 5.10 Å². The van der Waals surface area contributed by atoms with Crippen molar-refractivity contribution in [3.05, 3.63) is 30.0 Å². The van der Waals surface area contributed by atoms with Crippen LogP contribution < -0.4 is 0 Å². The number of carbonyl (C=O) groups is 1. The Bertz CT molecular complexity index is 502. The van der Waals surface area contributed by atoms with E-state index in [0.717, 1.165) is 10.9 Å². The summed E-state index contributed by atoms with van der Waals surface area (Å²) in [6.07, 6.45) is 1.73. The van der Waals surface area contributed by atoms with E-state index in [4.69, 9.17) is 4.74 Å². The summed E-state index contributed by atoms with van der Waals surface area (Å²) >= 11 is 0. The maximum absolute atomic E-state index is 11.6. The average Bonchev–Trinajstić information content (AvgIpc) is 2.61. The van der Waals surface area contributed by atoms with Gasteiger partial charge in [0.05, 0.1) is 23.9 Å². The third-order valence-corrected chi connectivity index (χ3v) is 2.26. The quantitative estimate of drug-likeness (QED) is 0.700. The van der Waals surface area contributed by atoms with Crippen molar-refractivity contribution in [3.8, 4) is 0 Å². The first kappa shape index (κ1) is 9.71. The lowest BCUT2D eigenvalue weighted by Crippen LogP contribution is -2.07. The smallest absolute Gasteiger partial charge is 0.340 e. The van der Waals surface area contributed by atoms with Gasteiger partial charge in [-0.05, 0) is 13.0 Å². The molecule has 0 aliphatic heterocycles. The molecular formula is C11H12N2O2. The zero-order valence-electron chi connectivity index (χ0n) is 8.73. The molecule has 4 nitrogen and oxygen atoms in total. The van der Waals surface area contributed by atoms with E-state index in [9.17, 15) is 4.79 Å². The minimum absolute atomic E-state index is 0.299. The van der Waals surface area contributed by atoms with Crippen molar-refractivity contribution >= 4 is 16.9 Å². The van der Waals surface area contributed by atoms with Gasteiger partial charge < -0.3 is 4.74 Å². The standard InChI is InChI=1S/C11H12N2O2/c1-3-15-11(14)9-6-4-5-8-7-12-13(2)10(8)9/h4-7H,3H2,1-2H3. The van der Waals surface area contributed by atoms with Crippen LogP contribution in [0.15, 0.2) is 24.4 Å². The summed E-state index contributed by atoms with van der Waals surface area (Å²) < 4.78 is 6.66. The van der Waals surface area contributed by atoms with Gasteiger partial charge in [-0.15, -0.1) is 0 Å². The maximum atomic E-state index is 11.6. The van der Waals surface area contributed by atoms with Crippen LogP contribution in [0.2, 0.25) is 0 Å². The lowest BCUT2D eigenvalue weighted by Gasteiger charge is -2.04. The Hall–Kier alpha value is -1.84. The topological polar surface area (TPSA) is 44.1 Å². The zero-order chi connectivity index (χ0) is 10.8. The number of para-hydroxylation sites is 1. The highest BCUT2D eigenvalue weighted by Crippen LogP contribution is 2.18. The largest absolute Gasteiger partial charge is 0.462 e. The fourth-order valence-corrected chi connectivity index (χ4v) is 1.61. The molecule has 0 radical (unpaired) electrons. The van der Waals surface area contributed by atoms with E-state index in [1.165, 1.54) is 0 Å². The third-order valence-electron chi connectivity index (χ3n) is 2.26. The number of fused-ring (bicyclic) bond motifs is 1. The Kier molecular flexibility index (Phi) is 2.41. The molecule has 0 aliphatic carbocycles. The van der Waals surface area contributed by atoms with Crippen LogP contribution in [0.3, 0.4) is 0 Å².